The highest BCUT2D eigenvalue weighted by Gasteiger charge is 2.38. The zero-order valence-corrected chi connectivity index (χ0v) is 13.9. The molecule has 1 N–H and O–H groups in total. The Hall–Kier alpha value is -1.93. The Morgan fingerprint density at radius 2 is 2.04 bits per heavy atom. The number of rotatable bonds is 3. The van der Waals surface area contributed by atoms with Crippen molar-refractivity contribution in [3.05, 3.63) is 70.8 Å². The number of anilines is 1. The van der Waals surface area contributed by atoms with Gasteiger partial charge in [-0.3, -0.25) is 0 Å². The number of nitrogens with one attached hydrogen (secondary N) is 1. The van der Waals surface area contributed by atoms with Crippen molar-refractivity contribution < 1.29 is 4.74 Å². The number of allylic oxidation sites excluding steroid dienone is 1. The van der Waals surface area contributed by atoms with E-state index >= 15 is 0 Å². The average molecular weight is 326 g/mol. The van der Waals surface area contributed by atoms with E-state index in [-0.39, 0.29) is 6.04 Å². The smallest absolute Gasteiger partial charge is 0.119 e. The van der Waals surface area contributed by atoms with Gasteiger partial charge in [-0.25, -0.2) is 0 Å². The lowest BCUT2D eigenvalue weighted by molar-refractivity contribution is 0.338. The van der Waals surface area contributed by atoms with Gasteiger partial charge in [-0.2, -0.15) is 0 Å². The molecule has 0 aromatic heterocycles. The van der Waals surface area contributed by atoms with Gasteiger partial charge in [0.2, 0.25) is 0 Å². The Morgan fingerprint density at radius 3 is 2.87 bits per heavy atom. The summed E-state index contributed by atoms with van der Waals surface area (Å²) in [6.07, 6.45) is 5.71. The number of ether oxygens (including phenoxy) is 1. The molecule has 4 rings (SSSR count). The molecule has 3 heteroatoms. The molecule has 1 aliphatic carbocycles. The van der Waals surface area contributed by atoms with E-state index in [4.69, 9.17) is 16.3 Å². The normalized spacial score (nSPS) is 24.7. The highest BCUT2D eigenvalue weighted by Crippen LogP contribution is 2.51. The lowest BCUT2D eigenvalue weighted by Gasteiger charge is -2.37. The Kier molecular flexibility index (Phi) is 3.78. The summed E-state index contributed by atoms with van der Waals surface area (Å²) in [6.45, 7) is 2.71. The van der Waals surface area contributed by atoms with Crippen molar-refractivity contribution in [3.8, 4) is 5.75 Å². The van der Waals surface area contributed by atoms with E-state index in [2.05, 4.69) is 41.7 Å². The minimum absolute atomic E-state index is 0.220. The Morgan fingerprint density at radius 1 is 1.17 bits per heavy atom. The summed E-state index contributed by atoms with van der Waals surface area (Å²) in [5.41, 5.74) is 3.73. The largest absolute Gasteiger partial charge is 0.494 e. The summed E-state index contributed by atoms with van der Waals surface area (Å²) >= 11 is 6.46. The molecule has 0 fully saturated rings. The van der Waals surface area contributed by atoms with E-state index in [1.807, 2.05) is 25.1 Å². The molecule has 0 spiro atoms. The maximum absolute atomic E-state index is 6.46. The van der Waals surface area contributed by atoms with Crippen molar-refractivity contribution in [2.45, 2.75) is 25.3 Å². The van der Waals surface area contributed by atoms with Gasteiger partial charge in [0.15, 0.2) is 0 Å². The molecule has 2 aromatic carbocycles. The molecule has 0 saturated carbocycles. The summed E-state index contributed by atoms with van der Waals surface area (Å²) in [4.78, 5) is 0. The molecule has 2 nitrogen and oxygen atoms in total. The van der Waals surface area contributed by atoms with Crippen LogP contribution in [0.1, 0.15) is 36.4 Å². The maximum atomic E-state index is 6.46. The van der Waals surface area contributed by atoms with Crippen molar-refractivity contribution in [1.29, 1.82) is 0 Å². The first-order chi connectivity index (χ1) is 11.3. The minimum Gasteiger partial charge on any atom is -0.494 e. The molecule has 1 heterocycles. The predicted molar refractivity (Wildman–Crippen MR) is 95.4 cm³/mol. The van der Waals surface area contributed by atoms with E-state index in [0.29, 0.717) is 18.4 Å². The average Bonchev–Trinajstić information content (AvgIpc) is 3.05. The molecular formula is C20H20ClNO. The van der Waals surface area contributed by atoms with E-state index in [0.717, 1.165) is 17.2 Å². The lowest BCUT2D eigenvalue weighted by Crippen LogP contribution is -2.28. The van der Waals surface area contributed by atoms with Crippen LogP contribution in [0.25, 0.3) is 0 Å². The van der Waals surface area contributed by atoms with Gasteiger partial charge in [-0.05, 0) is 54.7 Å². The van der Waals surface area contributed by atoms with Gasteiger partial charge in [0.1, 0.15) is 5.75 Å². The van der Waals surface area contributed by atoms with Crippen LogP contribution in [0.4, 0.5) is 5.69 Å². The predicted octanol–water partition coefficient (Wildman–Crippen LogP) is 5.57. The van der Waals surface area contributed by atoms with Crippen LogP contribution in [0.5, 0.6) is 5.75 Å². The second-order valence-electron chi connectivity index (χ2n) is 6.17. The topological polar surface area (TPSA) is 21.3 Å². The molecule has 3 atom stereocenters. The fourth-order valence-electron chi connectivity index (χ4n) is 3.86. The zero-order chi connectivity index (χ0) is 15.8. The molecule has 0 amide bonds. The SMILES string of the molecule is CCOc1ccc2c(c1)C1CC=CC1[C@H](c1ccccc1Cl)N2. The third-order valence-electron chi connectivity index (χ3n) is 4.88. The van der Waals surface area contributed by atoms with Gasteiger partial charge in [0.25, 0.3) is 0 Å². The highest BCUT2D eigenvalue weighted by molar-refractivity contribution is 6.31. The second-order valence-corrected chi connectivity index (χ2v) is 6.58. The fraction of sp³-hybridized carbons (Fsp3) is 0.300. The Bertz CT molecular complexity index is 755. The van der Waals surface area contributed by atoms with Gasteiger partial charge in [0, 0.05) is 16.6 Å². The molecule has 0 bridgehead atoms. The molecule has 2 unspecified atom stereocenters. The van der Waals surface area contributed by atoms with Crippen LogP contribution in [0.3, 0.4) is 0 Å². The summed E-state index contributed by atoms with van der Waals surface area (Å²) in [6, 6.07) is 14.7. The lowest BCUT2D eigenvalue weighted by atomic mass is 9.77. The van der Waals surface area contributed by atoms with Crippen LogP contribution in [-0.4, -0.2) is 6.61 Å². The van der Waals surface area contributed by atoms with Gasteiger partial charge < -0.3 is 10.1 Å². The first-order valence-corrected chi connectivity index (χ1v) is 8.60. The Labute approximate surface area is 142 Å². The van der Waals surface area contributed by atoms with Crippen LogP contribution in [0.2, 0.25) is 5.02 Å². The third kappa shape index (κ3) is 2.51. The van der Waals surface area contributed by atoms with Crippen molar-refractivity contribution in [3.63, 3.8) is 0 Å². The van der Waals surface area contributed by atoms with E-state index < -0.39 is 0 Å². The van der Waals surface area contributed by atoms with E-state index in [9.17, 15) is 0 Å². The van der Waals surface area contributed by atoms with Gasteiger partial charge >= 0.3 is 0 Å². The second kappa shape index (κ2) is 5.93. The monoisotopic (exact) mass is 325 g/mol. The van der Waals surface area contributed by atoms with Crippen molar-refractivity contribution in [2.75, 3.05) is 11.9 Å². The third-order valence-corrected chi connectivity index (χ3v) is 5.23. The van der Waals surface area contributed by atoms with Crippen LogP contribution in [0, 0.1) is 5.92 Å². The molecule has 2 aliphatic rings. The zero-order valence-electron chi connectivity index (χ0n) is 13.1. The molecule has 118 valence electrons. The summed E-state index contributed by atoms with van der Waals surface area (Å²) in [5.74, 6) is 1.88. The standard InChI is InChI=1S/C20H20ClNO/c1-2-23-13-10-11-19-17(12-13)14-7-5-8-15(14)20(22-19)16-6-3-4-9-18(16)21/h3-6,8-12,14-15,20,22H,2,7H2,1H3/t14?,15?,20-/m1/s1. The van der Waals surface area contributed by atoms with E-state index in [1.165, 1.54) is 16.8 Å². The quantitative estimate of drug-likeness (QED) is 0.745. The number of benzene rings is 2. The molecule has 23 heavy (non-hydrogen) atoms. The van der Waals surface area contributed by atoms with Crippen LogP contribution < -0.4 is 10.1 Å². The number of hydrogen-bond acceptors (Lipinski definition) is 2. The number of hydrogen-bond donors (Lipinski definition) is 1. The van der Waals surface area contributed by atoms with Gasteiger partial charge in [0.05, 0.1) is 12.6 Å². The number of halogens is 1. The maximum Gasteiger partial charge on any atom is 0.119 e. The van der Waals surface area contributed by atoms with Crippen molar-refractivity contribution >= 4 is 17.3 Å². The number of fused-ring (bicyclic) bond motifs is 3. The fourth-order valence-corrected chi connectivity index (χ4v) is 4.12. The first kappa shape index (κ1) is 14.6. The molecule has 1 aliphatic heterocycles. The van der Waals surface area contributed by atoms with Crippen LogP contribution in [-0.2, 0) is 0 Å². The molecule has 2 aromatic rings. The van der Waals surface area contributed by atoms with Crippen LogP contribution in [0.15, 0.2) is 54.6 Å². The summed E-state index contributed by atoms with van der Waals surface area (Å²) < 4.78 is 5.68. The molecule has 0 saturated heterocycles. The first-order valence-electron chi connectivity index (χ1n) is 8.22. The molecular weight excluding hydrogens is 306 g/mol. The summed E-state index contributed by atoms with van der Waals surface area (Å²) in [5, 5.41) is 4.54. The Balaban J connectivity index is 1.76. The highest BCUT2D eigenvalue weighted by atomic mass is 35.5. The van der Waals surface area contributed by atoms with E-state index in [1.54, 1.807) is 0 Å². The molecule has 0 radical (unpaired) electrons. The minimum atomic E-state index is 0.220. The van der Waals surface area contributed by atoms with Crippen LogP contribution >= 0.6 is 11.6 Å². The van der Waals surface area contributed by atoms with Gasteiger partial charge in [-0.1, -0.05) is 42.0 Å². The van der Waals surface area contributed by atoms with Crippen molar-refractivity contribution in [2.24, 2.45) is 5.92 Å². The van der Waals surface area contributed by atoms with Gasteiger partial charge in [-0.15, -0.1) is 0 Å². The summed E-state index contributed by atoms with van der Waals surface area (Å²) in [7, 11) is 0. The van der Waals surface area contributed by atoms with Crippen molar-refractivity contribution in [1.82, 2.24) is 0 Å².